The van der Waals surface area contributed by atoms with Crippen molar-refractivity contribution in [2.45, 2.75) is 78.8 Å². The third-order valence-corrected chi connectivity index (χ3v) is 4.85. The second kappa shape index (κ2) is 16.1. The highest BCUT2D eigenvalue weighted by Crippen LogP contribution is 2.21. The normalized spacial score (nSPS) is 13.7. The van der Waals surface area contributed by atoms with Crippen LogP contribution in [0.5, 0.6) is 5.75 Å². The van der Waals surface area contributed by atoms with E-state index in [1.165, 1.54) is 17.6 Å². The molecular weight excluding hydrogens is 386 g/mol. The smallest absolute Gasteiger partial charge is 0.119 e. The third-order valence-electron chi connectivity index (χ3n) is 4.85. The topological polar surface area (TPSA) is 39.7 Å². The van der Waals surface area contributed by atoms with Gasteiger partial charge in [0, 0.05) is 18.2 Å². The molecule has 0 unspecified atom stereocenters. The Morgan fingerprint density at radius 1 is 0.968 bits per heavy atom. The molecule has 176 valence electrons. The first-order chi connectivity index (χ1) is 14.9. The van der Waals surface area contributed by atoms with E-state index in [2.05, 4.69) is 63.4 Å². The summed E-state index contributed by atoms with van der Waals surface area (Å²) in [5, 5.41) is 3.61. The Morgan fingerprint density at radius 2 is 1.68 bits per heavy atom. The molecule has 0 saturated heterocycles. The Kier molecular flexibility index (Phi) is 14.2. The van der Waals surface area contributed by atoms with Crippen LogP contribution < -0.4 is 10.1 Å². The molecule has 1 aromatic carbocycles. The van der Waals surface area contributed by atoms with Crippen LogP contribution in [-0.4, -0.2) is 38.6 Å². The molecule has 1 atom stereocenters. The van der Waals surface area contributed by atoms with Gasteiger partial charge in [-0.25, -0.2) is 0 Å². The Labute approximate surface area is 191 Å². The minimum absolute atomic E-state index is 0.0924. The van der Waals surface area contributed by atoms with Gasteiger partial charge in [-0.15, -0.1) is 0 Å². The monoisotopic (exact) mass is 431 g/mol. The maximum atomic E-state index is 5.96. The van der Waals surface area contributed by atoms with E-state index in [-0.39, 0.29) is 5.54 Å². The summed E-state index contributed by atoms with van der Waals surface area (Å²) in [4.78, 5) is 0. The van der Waals surface area contributed by atoms with Crippen molar-refractivity contribution < 1.29 is 14.2 Å². The second-order valence-corrected chi connectivity index (χ2v) is 8.98. The van der Waals surface area contributed by atoms with Crippen molar-refractivity contribution in [2.24, 2.45) is 0 Å². The number of hydrogen-bond donors (Lipinski definition) is 1. The van der Waals surface area contributed by atoms with E-state index < -0.39 is 0 Å². The molecule has 4 nitrogen and oxygen atoms in total. The highest BCUT2D eigenvalue weighted by Gasteiger charge is 2.15. The van der Waals surface area contributed by atoms with Crippen LogP contribution in [0.15, 0.2) is 48.1 Å². The second-order valence-electron chi connectivity index (χ2n) is 8.98. The Morgan fingerprint density at radius 3 is 2.35 bits per heavy atom. The van der Waals surface area contributed by atoms with Crippen molar-refractivity contribution in [3.8, 4) is 5.75 Å². The van der Waals surface area contributed by atoms with Gasteiger partial charge in [-0.05, 0) is 84.1 Å². The van der Waals surface area contributed by atoms with Crippen molar-refractivity contribution in [1.82, 2.24) is 5.32 Å². The first-order valence-corrected chi connectivity index (χ1v) is 11.8. The molecule has 0 amide bonds. The Balaban J connectivity index is 2.05. The molecule has 0 aromatic heterocycles. The number of benzene rings is 1. The van der Waals surface area contributed by atoms with E-state index in [9.17, 15) is 0 Å². The van der Waals surface area contributed by atoms with Crippen LogP contribution in [-0.2, 0) is 9.47 Å². The molecule has 1 rings (SSSR count). The molecular formula is C27H45NO3. The highest BCUT2D eigenvalue weighted by atomic mass is 16.5. The molecule has 1 aromatic rings. The standard InChI is InChI=1S/C27H45NO3/c1-7-14-24(8-2)22-30-20-19-29-17-11-9-10-12-18-31-26-16-13-15-25(21-26)23(3)28-27(4,5)6/h7-8,13-16,21,23,28H,9-12,17-20,22H2,1-6H3/b14-7-,24-8+/t23-/m1/s1. The van der Waals surface area contributed by atoms with E-state index >= 15 is 0 Å². The lowest BCUT2D eigenvalue weighted by Crippen LogP contribution is -2.37. The maximum Gasteiger partial charge on any atom is 0.119 e. The molecule has 0 radical (unpaired) electrons. The van der Waals surface area contributed by atoms with Gasteiger partial charge in [-0.1, -0.05) is 36.8 Å². The molecule has 0 aliphatic carbocycles. The van der Waals surface area contributed by atoms with E-state index in [4.69, 9.17) is 14.2 Å². The summed E-state index contributed by atoms with van der Waals surface area (Å²) in [7, 11) is 0. The number of rotatable bonds is 16. The first kappa shape index (κ1) is 27.4. The van der Waals surface area contributed by atoms with Crippen LogP contribution in [0, 0.1) is 0 Å². The van der Waals surface area contributed by atoms with Crippen molar-refractivity contribution >= 4 is 0 Å². The van der Waals surface area contributed by atoms with E-state index in [1.54, 1.807) is 0 Å². The molecule has 0 saturated carbocycles. The predicted molar refractivity (Wildman–Crippen MR) is 132 cm³/mol. The number of ether oxygens (including phenoxy) is 3. The highest BCUT2D eigenvalue weighted by molar-refractivity contribution is 5.30. The lowest BCUT2D eigenvalue weighted by Gasteiger charge is -2.26. The third kappa shape index (κ3) is 14.1. The van der Waals surface area contributed by atoms with Gasteiger partial charge in [-0.2, -0.15) is 0 Å². The molecule has 0 spiro atoms. The van der Waals surface area contributed by atoms with Crippen LogP contribution in [0.4, 0.5) is 0 Å². The van der Waals surface area contributed by atoms with Gasteiger partial charge >= 0.3 is 0 Å². The summed E-state index contributed by atoms with van der Waals surface area (Å²) in [6.45, 7) is 16.3. The quantitative estimate of drug-likeness (QED) is 0.235. The summed E-state index contributed by atoms with van der Waals surface area (Å²) in [6.07, 6.45) is 10.7. The van der Waals surface area contributed by atoms with Gasteiger partial charge in [0.15, 0.2) is 0 Å². The lowest BCUT2D eigenvalue weighted by molar-refractivity contribution is 0.0551. The zero-order valence-corrected chi connectivity index (χ0v) is 20.7. The summed E-state index contributed by atoms with van der Waals surface area (Å²) >= 11 is 0. The number of nitrogens with one attached hydrogen (secondary N) is 1. The summed E-state index contributed by atoms with van der Waals surface area (Å²) in [5.74, 6) is 0.957. The zero-order valence-electron chi connectivity index (χ0n) is 20.7. The van der Waals surface area contributed by atoms with E-state index in [1.807, 2.05) is 26.0 Å². The Bertz CT molecular complexity index is 646. The van der Waals surface area contributed by atoms with E-state index in [0.717, 1.165) is 38.2 Å². The molecule has 0 aliphatic heterocycles. The lowest BCUT2D eigenvalue weighted by atomic mass is 10.0. The predicted octanol–water partition coefficient (Wildman–Crippen LogP) is 6.63. The fraction of sp³-hybridized carbons (Fsp3) is 0.630. The fourth-order valence-corrected chi connectivity index (χ4v) is 3.31. The van der Waals surface area contributed by atoms with Gasteiger partial charge in [0.2, 0.25) is 0 Å². The minimum Gasteiger partial charge on any atom is -0.494 e. The van der Waals surface area contributed by atoms with Crippen molar-refractivity contribution in [1.29, 1.82) is 0 Å². The minimum atomic E-state index is 0.0924. The van der Waals surface area contributed by atoms with E-state index in [0.29, 0.717) is 25.9 Å². The first-order valence-electron chi connectivity index (χ1n) is 11.8. The number of hydrogen-bond acceptors (Lipinski definition) is 4. The van der Waals surface area contributed by atoms with Crippen LogP contribution in [0.25, 0.3) is 0 Å². The van der Waals surface area contributed by atoms with Crippen molar-refractivity contribution in [3.05, 3.63) is 53.6 Å². The fourth-order valence-electron chi connectivity index (χ4n) is 3.31. The maximum absolute atomic E-state index is 5.96. The summed E-state index contributed by atoms with van der Waals surface area (Å²) < 4.78 is 17.2. The van der Waals surface area contributed by atoms with Gasteiger partial charge < -0.3 is 19.5 Å². The Hall–Kier alpha value is -1.62. The average Bonchev–Trinajstić information content (AvgIpc) is 2.72. The van der Waals surface area contributed by atoms with Crippen LogP contribution in [0.1, 0.15) is 78.8 Å². The van der Waals surface area contributed by atoms with Gasteiger partial charge in [0.25, 0.3) is 0 Å². The van der Waals surface area contributed by atoms with Gasteiger partial charge in [0.1, 0.15) is 5.75 Å². The average molecular weight is 432 g/mol. The largest absolute Gasteiger partial charge is 0.494 e. The zero-order chi connectivity index (χ0) is 23.0. The van der Waals surface area contributed by atoms with Gasteiger partial charge in [-0.3, -0.25) is 0 Å². The molecule has 0 heterocycles. The molecule has 0 fully saturated rings. The van der Waals surface area contributed by atoms with Crippen LogP contribution >= 0.6 is 0 Å². The summed E-state index contributed by atoms with van der Waals surface area (Å²) in [6, 6.07) is 8.72. The molecule has 31 heavy (non-hydrogen) atoms. The molecule has 0 bridgehead atoms. The van der Waals surface area contributed by atoms with Gasteiger partial charge in [0.05, 0.1) is 26.4 Å². The molecule has 1 N–H and O–H groups in total. The van der Waals surface area contributed by atoms with Crippen LogP contribution in [0.3, 0.4) is 0 Å². The molecule has 4 heteroatoms. The molecule has 0 aliphatic rings. The van der Waals surface area contributed by atoms with Crippen molar-refractivity contribution in [3.63, 3.8) is 0 Å². The van der Waals surface area contributed by atoms with Crippen molar-refractivity contribution in [2.75, 3.05) is 33.0 Å². The number of unbranched alkanes of at least 4 members (excludes halogenated alkanes) is 3. The summed E-state index contributed by atoms with van der Waals surface area (Å²) in [5.41, 5.74) is 2.56. The SMILES string of the molecule is C/C=C\C(=C/C)COCCOCCCCCCOc1cccc([C@@H](C)NC(C)(C)C)c1. The number of allylic oxidation sites excluding steroid dienone is 2. The van der Waals surface area contributed by atoms with Crippen LogP contribution in [0.2, 0.25) is 0 Å².